The summed E-state index contributed by atoms with van der Waals surface area (Å²) in [5, 5.41) is 0. The van der Waals surface area contributed by atoms with Crippen LogP contribution in [0.3, 0.4) is 0 Å². The zero-order chi connectivity index (χ0) is 11.2. The highest BCUT2D eigenvalue weighted by molar-refractivity contribution is 5.71. The lowest BCUT2D eigenvalue weighted by Crippen LogP contribution is -2.42. The minimum atomic E-state index is 0.0919. The van der Waals surface area contributed by atoms with Gasteiger partial charge in [-0.15, -0.1) is 0 Å². The Morgan fingerprint density at radius 1 is 1.38 bits per heavy atom. The van der Waals surface area contributed by atoms with Gasteiger partial charge in [0.25, 0.3) is 0 Å². The van der Waals surface area contributed by atoms with E-state index < -0.39 is 0 Å². The van der Waals surface area contributed by atoms with Crippen molar-refractivity contribution in [1.29, 1.82) is 0 Å². The Morgan fingerprint density at radius 2 is 2.19 bits per heavy atom. The molecular formula is C12H16N4. The molecule has 0 spiro atoms. The monoisotopic (exact) mass is 216 g/mol. The van der Waals surface area contributed by atoms with Gasteiger partial charge in [0.1, 0.15) is 5.82 Å². The SMILES string of the molecule is Cc1ccc2[nH]c(C3(CN)CCC3)nc2n1. The van der Waals surface area contributed by atoms with Crippen LogP contribution in [-0.2, 0) is 5.41 Å². The van der Waals surface area contributed by atoms with Crippen molar-refractivity contribution < 1.29 is 0 Å². The molecule has 2 aromatic heterocycles. The molecule has 0 aliphatic heterocycles. The zero-order valence-electron chi connectivity index (χ0n) is 9.45. The average Bonchev–Trinajstić information content (AvgIpc) is 2.60. The van der Waals surface area contributed by atoms with Crippen molar-refractivity contribution in [3.8, 4) is 0 Å². The number of nitrogens with zero attached hydrogens (tertiary/aromatic N) is 2. The van der Waals surface area contributed by atoms with E-state index in [1.807, 2.05) is 19.1 Å². The van der Waals surface area contributed by atoms with Gasteiger partial charge in [-0.25, -0.2) is 9.97 Å². The quantitative estimate of drug-likeness (QED) is 0.802. The molecule has 1 aliphatic rings. The number of aromatic nitrogens is 3. The second kappa shape index (κ2) is 3.28. The lowest BCUT2D eigenvalue weighted by molar-refractivity contribution is 0.240. The van der Waals surface area contributed by atoms with Gasteiger partial charge in [0.15, 0.2) is 5.65 Å². The van der Waals surface area contributed by atoms with Gasteiger partial charge in [-0.2, -0.15) is 0 Å². The van der Waals surface area contributed by atoms with Crippen molar-refractivity contribution in [1.82, 2.24) is 15.0 Å². The normalized spacial score (nSPS) is 18.6. The molecule has 4 nitrogen and oxygen atoms in total. The molecule has 2 heterocycles. The van der Waals surface area contributed by atoms with Crippen LogP contribution in [0.2, 0.25) is 0 Å². The third-order valence-electron chi connectivity index (χ3n) is 3.69. The number of hydrogen-bond acceptors (Lipinski definition) is 3. The predicted molar refractivity (Wildman–Crippen MR) is 63.2 cm³/mol. The second-order valence-electron chi connectivity index (χ2n) is 4.75. The molecule has 84 valence electrons. The first-order valence-electron chi connectivity index (χ1n) is 5.77. The van der Waals surface area contributed by atoms with E-state index >= 15 is 0 Å². The summed E-state index contributed by atoms with van der Waals surface area (Å²) in [6, 6.07) is 4.04. The number of imidazole rings is 1. The Hall–Kier alpha value is -1.42. The van der Waals surface area contributed by atoms with Crippen molar-refractivity contribution in [2.24, 2.45) is 5.73 Å². The number of aromatic amines is 1. The van der Waals surface area contributed by atoms with Crippen LogP contribution in [-0.4, -0.2) is 21.5 Å². The maximum atomic E-state index is 5.87. The smallest absolute Gasteiger partial charge is 0.177 e. The van der Waals surface area contributed by atoms with Gasteiger partial charge in [0, 0.05) is 17.7 Å². The standard InChI is InChI=1S/C12H16N4/c1-8-3-4-9-10(14-8)16-11(15-9)12(7-13)5-2-6-12/h3-4H,2,5-7,13H2,1H3,(H,14,15,16). The number of aryl methyl sites for hydroxylation is 1. The first-order chi connectivity index (χ1) is 7.73. The van der Waals surface area contributed by atoms with E-state index in [4.69, 9.17) is 5.73 Å². The van der Waals surface area contributed by atoms with Gasteiger partial charge < -0.3 is 10.7 Å². The number of nitrogens with one attached hydrogen (secondary N) is 1. The number of rotatable bonds is 2. The molecule has 3 rings (SSSR count). The van der Waals surface area contributed by atoms with Gasteiger partial charge in [-0.05, 0) is 31.9 Å². The van der Waals surface area contributed by atoms with Crippen LogP contribution < -0.4 is 5.73 Å². The van der Waals surface area contributed by atoms with Crippen LogP contribution in [0.5, 0.6) is 0 Å². The van der Waals surface area contributed by atoms with Crippen LogP contribution in [0, 0.1) is 6.92 Å². The van der Waals surface area contributed by atoms with Gasteiger partial charge in [-0.3, -0.25) is 0 Å². The minimum absolute atomic E-state index is 0.0919. The summed E-state index contributed by atoms with van der Waals surface area (Å²) in [5.74, 6) is 1.02. The van der Waals surface area contributed by atoms with Crippen LogP contribution in [0.1, 0.15) is 30.8 Å². The number of fused-ring (bicyclic) bond motifs is 1. The first kappa shape index (κ1) is 9.78. The van der Waals surface area contributed by atoms with E-state index in [0.29, 0.717) is 6.54 Å². The number of H-pyrrole nitrogens is 1. The minimum Gasteiger partial charge on any atom is -0.340 e. The fourth-order valence-electron chi connectivity index (χ4n) is 2.38. The highest BCUT2D eigenvalue weighted by Crippen LogP contribution is 2.41. The molecule has 16 heavy (non-hydrogen) atoms. The Kier molecular flexibility index (Phi) is 2.01. The van der Waals surface area contributed by atoms with Gasteiger partial charge in [0.2, 0.25) is 0 Å². The molecule has 4 heteroatoms. The number of pyridine rings is 1. The third kappa shape index (κ3) is 1.26. The zero-order valence-corrected chi connectivity index (χ0v) is 9.45. The Bertz CT molecular complexity index is 519. The fraction of sp³-hybridized carbons (Fsp3) is 0.500. The predicted octanol–water partition coefficient (Wildman–Crippen LogP) is 1.65. The van der Waals surface area contributed by atoms with Crippen molar-refractivity contribution in [3.63, 3.8) is 0 Å². The summed E-state index contributed by atoms with van der Waals surface area (Å²) in [4.78, 5) is 12.4. The Balaban J connectivity index is 2.11. The van der Waals surface area contributed by atoms with E-state index in [1.165, 1.54) is 6.42 Å². The average molecular weight is 216 g/mol. The molecule has 1 saturated carbocycles. The summed E-state index contributed by atoms with van der Waals surface area (Å²) in [7, 11) is 0. The molecule has 0 unspecified atom stereocenters. The molecule has 0 radical (unpaired) electrons. The largest absolute Gasteiger partial charge is 0.340 e. The first-order valence-corrected chi connectivity index (χ1v) is 5.77. The number of nitrogens with two attached hydrogens (primary N) is 1. The highest BCUT2D eigenvalue weighted by atomic mass is 15.0. The molecule has 0 aromatic carbocycles. The van der Waals surface area contributed by atoms with Crippen molar-refractivity contribution >= 4 is 11.2 Å². The van der Waals surface area contributed by atoms with Crippen LogP contribution in [0.4, 0.5) is 0 Å². The van der Waals surface area contributed by atoms with Gasteiger partial charge in [-0.1, -0.05) is 6.42 Å². The Morgan fingerprint density at radius 3 is 2.81 bits per heavy atom. The molecule has 2 aromatic rings. The van der Waals surface area contributed by atoms with E-state index in [9.17, 15) is 0 Å². The molecule has 3 N–H and O–H groups in total. The molecule has 0 amide bonds. The van der Waals surface area contributed by atoms with Gasteiger partial charge in [0.05, 0.1) is 5.52 Å². The van der Waals surface area contributed by atoms with E-state index in [-0.39, 0.29) is 5.41 Å². The molecule has 0 bridgehead atoms. The second-order valence-corrected chi connectivity index (χ2v) is 4.75. The van der Waals surface area contributed by atoms with E-state index in [0.717, 1.165) is 35.5 Å². The summed E-state index contributed by atoms with van der Waals surface area (Å²) in [6.45, 7) is 2.65. The molecular weight excluding hydrogens is 200 g/mol. The van der Waals surface area contributed by atoms with Crippen molar-refractivity contribution in [3.05, 3.63) is 23.7 Å². The Labute approximate surface area is 94.3 Å². The van der Waals surface area contributed by atoms with Crippen LogP contribution >= 0.6 is 0 Å². The summed E-state index contributed by atoms with van der Waals surface area (Å²) < 4.78 is 0. The fourth-order valence-corrected chi connectivity index (χ4v) is 2.38. The van der Waals surface area contributed by atoms with Gasteiger partial charge >= 0.3 is 0 Å². The molecule has 0 atom stereocenters. The molecule has 1 fully saturated rings. The molecule has 0 saturated heterocycles. The maximum Gasteiger partial charge on any atom is 0.177 e. The maximum absolute atomic E-state index is 5.87. The summed E-state index contributed by atoms with van der Waals surface area (Å²) >= 11 is 0. The van der Waals surface area contributed by atoms with Crippen molar-refractivity contribution in [2.45, 2.75) is 31.6 Å². The number of hydrogen-bond donors (Lipinski definition) is 2. The summed E-state index contributed by atoms with van der Waals surface area (Å²) in [5.41, 5.74) is 8.79. The van der Waals surface area contributed by atoms with Crippen LogP contribution in [0.15, 0.2) is 12.1 Å². The highest BCUT2D eigenvalue weighted by Gasteiger charge is 2.40. The van der Waals surface area contributed by atoms with Crippen LogP contribution in [0.25, 0.3) is 11.2 Å². The topological polar surface area (TPSA) is 67.6 Å². The summed E-state index contributed by atoms with van der Waals surface area (Å²) in [6.07, 6.45) is 3.53. The van der Waals surface area contributed by atoms with E-state index in [2.05, 4.69) is 15.0 Å². The molecule has 1 aliphatic carbocycles. The lowest BCUT2D eigenvalue weighted by Gasteiger charge is -2.38. The third-order valence-corrected chi connectivity index (χ3v) is 3.69. The lowest BCUT2D eigenvalue weighted by atomic mass is 9.68. The van der Waals surface area contributed by atoms with E-state index in [1.54, 1.807) is 0 Å². The van der Waals surface area contributed by atoms with Crippen molar-refractivity contribution in [2.75, 3.05) is 6.54 Å².